The minimum atomic E-state index is -0.432. The molecule has 0 spiro atoms. The summed E-state index contributed by atoms with van der Waals surface area (Å²) in [4.78, 5) is 11.0. The summed E-state index contributed by atoms with van der Waals surface area (Å²) in [5, 5.41) is 2.16. The quantitative estimate of drug-likeness (QED) is 0.728. The Labute approximate surface area is 127 Å². The fourth-order valence-electron chi connectivity index (χ4n) is 3.15. The van der Waals surface area contributed by atoms with Crippen LogP contribution in [0, 0.1) is 0 Å². The van der Waals surface area contributed by atoms with Gasteiger partial charge in [-0.25, -0.2) is 9.37 Å². The van der Waals surface area contributed by atoms with E-state index in [1.54, 1.807) is 6.20 Å². The van der Waals surface area contributed by atoms with Crippen molar-refractivity contribution in [3.63, 3.8) is 0 Å². The molecule has 1 fully saturated rings. The lowest BCUT2D eigenvalue weighted by atomic mass is 10.2. The predicted molar refractivity (Wildman–Crippen MR) is 83.9 cm³/mol. The van der Waals surface area contributed by atoms with Gasteiger partial charge in [-0.3, -0.25) is 4.98 Å². The van der Waals surface area contributed by atoms with E-state index < -0.39 is 6.67 Å². The highest BCUT2D eigenvalue weighted by Gasteiger charge is 2.24. The molecule has 22 heavy (non-hydrogen) atoms. The van der Waals surface area contributed by atoms with E-state index in [0.29, 0.717) is 19.8 Å². The van der Waals surface area contributed by atoms with Gasteiger partial charge in [0.1, 0.15) is 18.1 Å². The van der Waals surface area contributed by atoms with E-state index in [2.05, 4.69) is 9.55 Å². The Kier molecular flexibility index (Phi) is 3.18. The maximum Gasteiger partial charge on any atom is 0.143 e. The van der Waals surface area contributed by atoms with Crippen molar-refractivity contribution in [1.29, 1.82) is 0 Å². The summed E-state index contributed by atoms with van der Waals surface area (Å²) in [6.07, 6.45) is 3.64. The standard InChI is InChI=1S/C16H17FN4O/c1-20-14-4-5-18-9-13(14)12-2-3-15(19-16(12)20)21-6-7-22-10-11(21)8-17/h2-5,9,11H,6-8,10H2,1H3/t11-/m1/s1. The Hall–Kier alpha value is -2.21. The van der Waals surface area contributed by atoms with Crippen molar-refractivity contribution in [2.24, 2.45) is 7.05 Å². The SMILES string of the molecule is Cn1c2ccncc2c2ccc(N3CCOC[C@H]3CF)nc21. The molecule has 1 aliphatic heterocycles. The number of hydrogen-bond acceptors (Lipinski definition) is 4. The van der Waals surface area contributed by atoms with Crippen LogP contribution in [0.4, 0.5) is 10.2 Å². The fraction of sp³-hybridized carbons (Fsp3) is 0.375. The summed E-state index contributed by atoms with van der Waals surface area (Å²) in [5.41, 5.74) is 1.99. The number of pyridine rings is 2. The minimum absolute atomic E-state index is 0.255. The number of hydrogen-bond donors (Lipinski definition) is 0. The lowest BCUT2D eigenvalue weighted by molar-refractivity contribution is 0.0856. The molecule has 0 saturated carbocycles. The topological polar surface area (TPSA) is 43.2 Å². The third-order valence-electron chi connectivity index (χ3n) is 4.33. The zero-order valence-electron chi connectivity index (χ0n) is 12.4. The van der Waals surface area contributed by atoms with E-state index >= 15 is 0 Å². The van der Waals surface area contributed by atoms with Crippen molar-refractivity contribution in [2.45, 2.75) is 6.04 Å². The van der Waals surface area contributed by atoms with E-state index in [1.165, 1.54) is 0 Å². The molecule has 0 N–H and O–H groups in total. The van der Waals surface area contributed by atoms with Gasteiger partial charge in [-0.05, 0) is 18.2 Å². The summed E-state index contributed by atoms with van der Waals surface area (Å²) >= 11 is 0. The van der Waals surface area contributed by atoms with Gasteiger partial charge in [-0.1, -0.05) is 0 Å². The van der Waals surface area contributed by atoms with E-state index in [0.717, 1.165) is 27.8 Å². The third kappa shape index (κ3) is 1.94. The Morgan fingerprint density at radius 3 is 3.09 bits per heavy atom. The van der Waals surface area contributed by atoms with Gasteiger partial charge >= 0.3 is 0 Å². The number of anilines is 1. The lowest BCUT2D eigenvalue weighted by Gasteiger charge is -2.34. The van der Waals surface area contributed by atoms with Gasteiger partial charge in [0.25, 0.3) is 0 Å². The fourth-order valence-corrected chi connectivity index (χ4v) is 3.15. The molecule has 0 radical (unpaired) electrons. The average molecular weight is 300 g/mol. The molecule has 4 heterocycles. The summed E-state index contributed by atoms with van der Waals surface area (Å²) in [7, 11) is 1.99. The van der Waals surface area contributed by atoms with E-state index in [9.17, 15) is 4.39 Å². The second kappa shape index (κ2) is 5.21. The molecule has 0 amide bonds. The van der Waals surface area contributed by atoms with Crippen LogP contribution in [0.5, 0.6) is 0 Å². The first kappa shape index (κ1) is 13.5. The van der Waals surface area contributed by atoms with Crippen LogP contribution in [0.1, 0.15) is 0 Å². The molecule has 4 rings (SSSR count). The van der Waals surface area contributed by atoms with Crippen LogP contribution in [0.25, 0.3) is 21.9 Å². The van der Waals surface area contributed by atoms with Crippen molar-refractivity contribution < 1.29 is 9.13 Å². The molecule has 5 nitrogen and oxygen atoms in total. The van der Waals surface area contributed by atoms with Crippen molar-refractivity contribution in [3.8, 4) is 0 Å². The summed E-state index contributed by atoms with van der Waals surface area (Å²) in [6.45, 7) is 1.25. The second-order valence-electron chi connectivity index (χ2n) is 5.57. The van der Waals surface area contributed by atoms with Crippen LogP contribution in [-0.2, 0) is 11.8 Å². The zero-order chi connectivity index (χ0) is 15.1. The molecule has 0 unspecified atom stereocenters. The first-order valence-electron chi connectivity index (χ1n) is 7.39. The van der Waals surface area contributed by atoms with E-state index in [4.69, 9.17) is 9.72 Å². The number of halogens is 1. The van der Waals surface area contributed by atoms with Crippen LogP contribution in [0.15, 0.2) is 30.6 Å². The maximum absolute atomic E-state index is 13.2. The highest BCUT2D eigenvalue weighted by Crippen LogP contribution is 2.29. The maximum atomic E-state index is 13.2. The molecular weight excluding hydrogens is 283 g/mol. The Morgan fingerprint density at radius 1 is 1.32 bits per heavy atom. The summed E-state index contributed by atoms with van der Waals surface area (Å²) < 4.78 is 20.6. The number of rotatable bonds is 2. The minimum Gasteiger partial charge on any atom is -0.377 e. The monoisotopic (exact) mass is 300 g/mol. The molecule has 114 valence electrons. The third-order valence-corrected chi connectivity index (χ3v) is 4.33. The number of ether oxygens (including phenoxy) is 1. The molecular formula is C16H17FN4O. The highest BCUT2D eigenvalue weighted by atomic mass is 19.1. The zero-order valence-corrected chi connectivity index (χ0v) is 12.4. The van der Waals surface area contributed by atoms with E-state index in [1.807, 2.05) is 36.3 Å². The Bertz CT molecular complexity index is 831. The number of alkyl halides is 1. The largest absolute Gasteiger partial charge is 0.377 e. The smallest absolute Gasteiger partial charge is 0.143 e. The van der Waals surface area contributed by atoms with Crippen molar-refractivity contribution in [1.82, 2.24) is 14.5 Å². The lowest BCUT2D eigenvalue weighted by Crippen LogP contribution is -2.47. The summed E-state index contributed by atoms with van der Waals surface area (Å²) in [5.74, 6) is 0.803. The molecule has 0 bridgehead atoms. The predicted octanol–water partition coefficient (Wildman–Crippen LogP) is 2.30. The molecule has 6 heteroatoms. The molecule has 1 atom stereocenters. The van der Waals surface area contributed by atoms with Gasteiger partial charge in [-0.2, -0.15) is 0 Å². The first-order chi connectivity index (χ1) is 10.8. The van der Waals surface area contributed by atoms with Gasteiger partial charge in [-0.15, -0.1) is 0 Å². The van der Waals surface area contributed by atoms with Crippen LogP contribution < -0.4 is 4.90 Å². The molecule has 0 aromatic carbocycles. The van der Waals surface area contributed by atoms with Gasteiger partial charge in [0, 0.05) is 36.8 Å². The van der Waals surface area contributed by atoms with E-state index in [-0.39, 0.29) is 6.04 Å². The van der Waals surface area contributed by atoms with Crippen molar-refractivity contribution >= 4 is 27.8 Å². The van der Waals surface area contributed by atoms with Crippen molar-refractivity contribution in [2.75, 3.05) is 31.3 Å². The van der Waals surface area contributed by atoms with Crippen LogP contribution >= 0.6 is 0 Å². The average Bonchev–Trinajstić information content (AvgIpc) is 2.88. The van der Waals surface area contributed by atoms with Crippen molar-refractivity contribution in [3.05, 3.63) is 30.6 Å². The number of aromatic nitrogens is 3. The van der Waals surface area contributed by atoms with Crippen LogP contribution in [0.3, 0.4) is 0 Å². The van der Waals surface area contributed by atoms with Crippen LogP contribution in [-0.4, -0.2) is 47.0 Å². The summed E-state index contributed by atoms with van der Waals surface area (Å²) in [6, 6.07) is 5.74. The number of fused-ring (bicyclic) bond motifs is 3. The van der Waals surface area contributed by atoms with Crippen LogP contribution in [0.2, 0.25) is 0 Å². The normalized spacial score (nSPS) is 19.2. The Balaban J connectivity index is 1.86. The number of morpholine rings is 1. The molecule has 1 saturated heterocycles. The first-order valence-corrected chi connectivity index (χ1v) is 7.39. The second-order valence-corrected chi connectivity index (χ2v) is 5.57. The van der Waals surface area contributed by atoms with Gasteiger partial charge in [0.05, 0.1) is 24.8 Å². The highest BCUT2D eigenvalue weighted by molar-refractivity contribution is 6.06. The van der Waals surface area contributed by atoms with Gasteiger partial charge < -0.3 is 14.2 Å². The number of aryl methyl sites for hydroxylation is 1. The number of nitrogens with zero attached hydrogens (tertiary/aromatic N) is 4. The molecule has 3 aromatic heterocycles. The molecule has 1 aliphatic rings. The Morgan fingerprint density at radius 2 is 2.23 bits per heavy atom. The molecule has 3 aromatic rings. The van der Waals surface area contributed by atoms with Gasteiger partial charge in [0.15, 0.2) is 0 Å². The van der Waals surface area contributed by atoms with Gasteiger partial charge in [0.2, 0.25) is 0 Å². The molecule has 0 aliphatic carbocycles.